The molecule has 1 aliphatic rings. The van der Waals surface area contributed by atoms with Crippen molar-refractivity contribution in [2.24, 2.45) is 12.1 Å². The number of hydrogen-bond donors (Lipinski definition) is 1. The second-order valence-electron chi connectivity index (χ2n) is 13.0. The average molecular weight is 891 g/mol. The number of aryl methyl sites for hydroxylation is 3. The van der Waals surface area contributed by atoms with E-state index in [2.05, 4.69) is 23.0 Å². The molecule has 6 aromatic rings. The summed E-state index contributed by atoms with van der Waals surface area (Å²) in [6.45, 7) is 8.12. The maximum atomic E-state index is 13.8. The summed E-state index contributed by atoms with van der Waals surface area (Å²) < 4.78 is 47.4. The van der Waals surface area contributed by atoms with Crippen molar-refractivity contribution in [1.82, 2.24) is 13.8 Å². The molecule has 57 heavy (non-hydrogen) atoms. The van der Waals surface area contributed by atoms with E-state index in [0.29, 0.717) is 56.0 Å². The lowest BCUT2D eigenvalue weighted by atomic mass is 10.2. The Morgan fingerprint density at radius 3 is 2.25 bits per heavy atom. The summed E-state index contributed by atoms with van der Waals surface area (Å²) in [4.78, 5) is 18.3. The summed E-state index contributed by atoms with van der Waals surface area (Å²) in [5.74, 6) is 1.08. The van der Waals surface area contributed by atoms with E-state index in [0.717, 1.165) is 32.8 Å². The third-order valence-corrected chi connectivity index (χ3v) is 13.0. The Kier molecular flexibility index (Phi) is 11.9. The summed E-state index contributed by atoms with van der Waals surface area (Å²) in [5, 5.41) is 6.72. The van der Waals surface area contributed by atoms with Crippen LogP contribution in [0.4, 0.5) is 11.4 Å². The number of hydrogen-bond acceptors (Lipinski definition) is 8. The largest absolute Gasteiger partial charge is 0.403 e. The number of rotatable bonds is 11. The maximum absolute atomic E-state index is 13.8. The number of anilines is 2. The van der Waals surface area contributed by atoms with Crippen LogP contribution in [0.2, 0.25) is 20.1 Å². The molecule has 1 aliphatic heterocycles. The van der Waals surface area contributed by atoms with E-state index in [1.807, 2.05) is 76.9 Å². The van der Waals surface area contributed by atoms with E-state index in [1.54, 1.807) is 30.4 Å². The maximum Gasteiger partial charge on any atom is 0.363 e. The number of allylic oxidation sites excluding steroid dienone is 2. The van der Waals surface area contributed by atoms with Gasteiger partial charge in [0.15, 0.2) is 16.4 Å². The van der Waals surface area contributed by atoms with Crippen molar-refractivity contribution in [3.63, 3.8) is 0 Å². The second-order valence-corrected chi connectivity index (χ2v) is 17.3. The third-order valence-electron chi connectivity index (χ3n) is 9.66. The van der Waals surface area contributed by atoms with E-state index in [4.69, 9.17) is 55.9 Å². The van der Waals surface area contributed by atoms with Crippen molar-refractivity contribution in [1.29, 1.82) is 0 Å². The fraction of sp³-hybridized carbons (Fsp3) is 0.256. The monoisotopic (exact) mass is 888 g/mol. The summed E-state index contributed by atoms with van der Waals surface area (Å²) in [6, 6.07) is 15.1. The molecular formula is C39H38Cl4N7O5S2+. The van der Waals surface area contributed by atoms with Crippen LogP contribution in [0.15, 0.2) is 80.8 Å². The molecule has 0 saturated heterocycles. The van der Waals surface area contributed by atoms with Gasteiger partial charge in [0.05, 0.1) is 60.5 Å². The van der Waals surface area contributed by atoms with E-state index in [9.17, 15) is 17.8 Å². The van der Waals surface area contributed by atoms with E-state index in [-0.39, 0.29) is 23.9 Å². The van der Waals surface area contributed by atoms with Crippen LogP contribution in [0.5, 0.6) is 0 Å². The molecule has 0 unspecified atom stereocenters. The highest BCUT2D eigenvalue weighted by atomic mass is 35.5. The van der Waals surface area contributed by atoms with Gasteiger partial charge < -0.3 is 18.8 Å². The standard InChI is InChI=1S/C39H37Cl4N7O5S2/c1-5-46-30-20-24(40)25(41)21-31(30)47(6-2)35(46)14-10-15-37-50(44-39-45(4)28-12-8-9-13-34(28)56-39)29(38(51)55-37)16-17-36-48(7-3)32-22-26(42)27(43)23-33(32)49(36)18-11-19-57(52,53)54/h8-10,12-17,20-23H,5-7,11,18-19H2,1-4H3/p+1/b29-16?,36-17?,44-39-. The lowest BCUT2D eigenvalue weighted by molar-refractivity contribution is -0.670. The molecule has 3 aromatic heterocycles. The number of para-hydroxylation sites is 1. The Morgan fingerprint density at radius 1 is 0.895 bits per heavy atom. The van der Waals surface area contributed by atoms with Crippen LogP contribution < -0.4 is 35.7 Å². The molecule has 0 spiro atoms. The number of fused-ring (bicyclic) bond motifs is 3. The van der Waals surface area contributed by atoms with Crippen molar-refractivity contribution < 1.29 is 22.0 Å². The Bertz CT molecular complexity index is 2950. The van der Waals surface area contributed by atoms with E-state index in [1.165, 1.54) is 16.0 Å². The molecule has 0 amide bonds. The van der Waals surface area contributed by atoms with Crippen LogP contribution in [-0.2, 0) is 30.3 Å². The molecule has 7 rings (SSSR count). The minimum absolute atomic E-state index is 0.115. The number of aromatic nitrogens is 4. The molecule has 0 radical (unpaired) electrons. The van der Waals surface area contributed by atoms with Gasteiger partial charge in [-0.3, -0.25) is 4.55 Å². The highest BCUT2D eigenvalue weighted by molar-refractivity contribution is 7.85. The topological polar surface area (TPSA) is 122 Å². The SMILES string of the molecule is CCN1C(=CC=c2c(=O)oc(=CC=Cc3n(CC)c4cc(Cl)c(Cl)cc4[n+]3CC)n2/N=c2\sc3ccccc3n2C)N(CCCS(=O)(=O)O)c2cc(Cl)c(Cl)cc21. The van der Waals surface area contributed by atoms with Gasteiger partial charge in [-0.25, -0.2) is 13.9 Å². The summed E-state index contributed by atoms with van der Waals surface area (Å²) in [6.07, 6.45) is 8.93. The fourth-order valence-electron chi connectivity index (χ4n) is 7.07. The van der Waals surface area contributed by atoms with Crippen molar-refractivity contribution in [2.75, 3.05) is 28.6 Å². The first-order valence-corrected chi connectivity index (χ1v) is 22.0. The quantitative estimate of drug-likeness (QED) is 0.110. The molecule has 0 aliphatic carbocycles. The fourth-order valence-corrected chi connectivity index (χ4v) is 9.21. The smallest absolute Gasteiger partial charge is 0.363 e. The summed E-state index contributed by atoms with van der Waals surface area (Å²) in [5.41, 5.74) is 3.85. The van der Waals surface area contributed by atoms with Crippen LogP contribution >= 0.6 is 57.7 Å². The normalized spacial score (nSPS) is 15.2. The molecule has 3 aromatic carbocycles. The summed E-state index contributed by atoms with van der Waals surface area (Å²) in [7, 11) is -2.29. The van der Waals surface area contributed by atoms with Gasteiger partial charge in [0.25, 0.3) is 15.9 Å². The van der Waals surface area contributed by atoms with Gasteiger partial charge in [-0.05, 0) is 69.7 Å². The van der Waals surface area contributed by atoms with Crippen LogP contribution in [0.3, 0.4) is 0 Å². The first-order valence-electron chi connectivity index (χ1n) is 18.1. The number of halogens is 4. The van der Waals surface area contributed by atoms with Crippen molar-refractivity contribution in [2.45, 2.75) is 40.3 Å². The first-order chi connectivity index (χ1) is 27.2. The van der Waals surface area contributed by atoms with Crippen molar-refractivity contribution in [3.05, 3.63) is 119 Å². The highest BCUT2D eigenvalue weighted by Gasteiger charge is 2.31. The van der Waals surface area contributed by atoms with Gasteiger partial charge in [0, 0.05) is 44.4 Å². The summed E-state index contributed by atoms with van der Waals surface area (Å²) >= 11 is 27.2. The first kappa shape index (κ1) is 40.9. The Balaban J connectivity index is 1.42. The van der Waals surface area contributed by atoms with Crippen molar-refractivity contribution in [3.8, 4) is 0 Å². The number of nitrogens with zero attached hydrogens (tertiary/aromatic N) is 7. The lowest BCUT2D eigenvalue weighted by Crippen LogP contribution is -2.35. The van der Waals surface area contributed by atoms with E-state index >= 15 is 0 Å². The zero-order valence-corrected chi connectivity index (χ0v) is 35.9. The van der Waals surface area contributed by atoms with Gasteiger partial charge in [-0.2, -0.15) is 13.1 Å². The molecule has 0 saturated carbocycles. The van der Waals surface area contributed by atoms with Gasteiger partial charge in [-0.15, -0.1) is 5.10 Å². The predicted octanol–water partition coefficient (Wildman–Crippen LogP) is 6.99. The Hall–Kier alpha value is -4.28. The van der Waals surface area contributed by atoms with Crippen molar-refractivity contribution >= 4 is 119 Å². The van der Waals surface area contributed by atoms with Crippen LogP contribution in [0.1, 0.15) is 33.0 Å². The van der Waals surface area contributed by atoms with Gasteiger partial charge in [0.2, 0.25) is 10.3 Å². The second kappa shape index (κ2) is 16.5. The van der Waals surface area contributed by atoms with Gasteiger partial charge >= 0.3 is 5.63 Å². The Morgan fingerprint density at radius 2 is 1.58 bits per heavy atom. The zero-order chi connectivity index (χ0) is 40.8. The molecule has 0 bridgehead atoms. The van der Waals surface area contributed by atoms with Crippen LogP contribution in [-0.4, -0.2) is 45.6 Å². The molecule has 0 atom stereocenters. The molecular weight excluding hydrogens is 852 g/mol. The molecule has 298 valence electrons. The average Bonchev–Trinajstić information content (AvgIpc) is 3.84. The van der Waals surface area contributed by atoms with Gasteiger partial charge in [0.1, 0.15) is 5.82 Å². The number of oxazole rings is 1. The Labute approximate surface area is 352 Å². The van der Waals surface area contributed by atoms with Crippen LogP contribution in [0.25, 0.3) is 39.5 Å². The number of imidazole rings is 1. The van der Waals surface area contributed by atoms with Gasteiger partial charge in [-0.1, -0.05) is 69.9 Å². The van der Waals surface area contributed by atoms with E-state index < -0.39 is 21.5 Å². The molecule has 0 fully saturated rings. The lowest BCUT2D eigenvalue weighted by Gasteiger charge is -2.24. The zero-order valence-electron chi connectivity index (χ0n) is 31.3. The minimum atomic E-state index is -4.20. The predicted molar refractivity (Wildman–Crippen MR) is 231 cm³/mol. The molecule has 4 heterocycles. The minimum Gasteiger partial charge on any atom is -0.403 e. The number of benzene rings is 3. The van der Waals surface area contributed by atoms with Crippen LogP contribution in [0, 0.1) is 0 Å². The number of thiazole rings is 1. The molecule has 1 N–H and O–H groups in total. The third kappa shape index (κ3) is 7.96. The molecule has 12 nitrogen and oxygen atoms in total. The molecule has 18 heteroatoms. The highest BCUT2D eigenvalue weighted by Crippen LogP contribution is 2.45.